The molecule has 0 aromatic heterocycles. The molecule has 0 spiro atoms. The van der Waals surface area contributed by atoms with Crippen molar-refractivity contribution in [2.24, 2.45) is 0 Å². The van der Waals surface area contributed by atoms with Crippen molar-refractivity contribution in [3.63, 3.8) is 0 Å². The van der Waals surface area contributed by atoms with Crippen molar-refractivity contribution < 1.29 is 372 Å². The summed E-state index contributed by atoms with van der Waals surface area (Å²) in [5.74, 6) is -12.0. The molecule has 0 radical (unpaired) electrons. The minimum Gasteiger partial charge on any atom is -0.550 e. The van der Waals surface area contributed by atoms with Gasteiger partial charge < -0.3 is 110 Å². The topological polar surface area (TPSA) is 511 Å². The summed E-state index contributed by atoms with van der Waals surface area (Å²) < 4.78 is 0. The predicted octanol–water partition coefficient (Wildman–Crippen LogP) is -27.6. The van der Waals surface area contributed by atoms with E-state index in [1.54, 1.807) is 0 Å². The molecule has 0 fully saturated rings. The summed E-state index contributed by atoms with van der Waals surface area (Å²) >= 11 is 0. The van der Waals surface area contributed by atoms with E-state index in [1.165, 1.54) is 0 Å². The molecule has 0 atom stereocenters. The predicted molar refractivity (Wildman–Crippen MR) is 101 cm³/mol. The molecule has 0 aromatic rings. The van der Waals surface area contributed by atoms with Crippen molar-refractivity contribution in [3.8, 4) is 0 Å². The Morgan fingerprint density at radius 3 is 0.479 bits per heavy atom. The smallest absolute Gasteiger partial charge is 0.550 e. The van der Waals surface area contributed by atoms with Crippen molar-refractivity contribution in [1.82, 2.24) is 0 Å². The van der Waals surface area contributed by atoms with E-state index in [-0.39, 0.29) is 243 Å². The van der Waals surface area contributed by atoms with Crippen LogP contribution in [0.3, 0.4) is 0 Å². The third kappa shape index (κ3) is 91.6. The molecule has 0 aliphatic carbocycles. The standard InChI is InChI=1S/2C6H8O7.4CH2O3.3K.3Na/c2*7-3(8)1-6(13,5(11)12)2-4(9)10;4*2-1(3)4;;;;;;/h2*13H,1-2H2,(H,7,8)(H,9,10)(H,11,12);4*(H2,2,3,4);;;;;;/q;;;;;;6*+1/p-6. The van der Waals surface area contributed by atoms with Crippen molar-refractivity contribution in [3.05, 3.63) is 0 Å². The quantitative estimate of drug-likeness (QED) is 0.0915. The molecule has 0 aromatic carbocycles. The average Bonchev–Trinajstić information content (AvgIpc) is 2.63. The van der Waals surface area contributed by atoms with Gasteiger partial charge in [0.05, 0.1) is 11.9 Å². The molecule has 0 aliphatic rings. The van der Waals surface area contributed by atoms with Gasteiger partial charge in [-0.2, -0.15) is 0 Å². The zero-order valence-corrected chi connectivity index (χ0v) is 41.2. The van der Waals surface area contributed by atoms with Gasteiger partial charge in [-0.3, -0.25) is 0 Å². The van der Waals surface area contributed by atoms with Crippen LogP contribution in [0.25, 0.3) is 0 Å². The number of aliphatic carboxylic acids is 6. The maximum Gasteiger partial charge on any atom is 1.00 e. The second-order valence-electron chi connectivity index (χ2n) is 5.96. The van der Waals surface area contributed by atoms with Crippen LogP contribution in [0, 0.1) is 0 Å². The molecule has 48 heavy (non-hydrogen) atoms. The Morgan fingerprint density at radius 1 is 0.354 bits per heavy atom. The number of hydrogen-bond donors (Lipinski definition) is 10. The van der Waals surface area contributed by atoms with Crippen LogP contribution in [0.1, 0.15) is 25.7 Å². The summed E-state index contributed by atoms with van der Waals surface area (Å²) in [7, 11) is 0. The first-order valence-electron chi connectivity index (χ1n) is 8.83. The monoisotopic (exact) mass is 812 g/mol. The van der Waals surface area contributed by atoms with Crippen molar-refractivity contribution >= 4 is 60.4 Å². The summed E-state index contributed by atoms with van der Waals surface area (Å²) in [6.07, 6.45) is -12.8. The van der Waals surface area contributed by atoms with E-state index < -0.39 is 97.3 Å². The van der Waals surface area contributed by atoms with Gasteiger partial charge in [-0.05, 0) is 0 Å². The Hall–Kier alpha value is 1.73. The van der Waals surface area contributed by atoms with Gasteiger partial charge >= 0.3 is 267 Å². The SMILES string of the molecule is O=C(O)O.O=C(O)O.O=C(O)O.O=C(O)O.O=C([O-])CC(O)(CC(=O)[O-])C(=O)[O-].O=C([O-])CC(O)(CC(=O)[O-])C(=O)[O-].[K+].[K+].[K+].[Na+].[Na+].[Na+]. The molecule has 0 aliphatic heterocycles. The zero-order chi connectivity index (χ0) is 35.6. The van der Waals surface area contributed by atoms with Gasteiger partial charge in [0.2, 0.25) is 0 Å². The third-order valence-corrected chi connectivity index (χ3v) is 2.51. The molecule has 0 saturated carbocycles. The van der Waals surface area contributed by atoms with E-state index in [2.05, 4.69) is 0 Å². The first kappa shape index (κ1) is 83.0. The molecule has 0 saturated heterocycles. The minimum absolute atomic E-state index is 0. The van der Waals surface area contributed by atoms with Crippen LogP contribution in [0.4, 0.5) is 19.2 Å². The first-order valence-corrected chi connectivity index (χ1v) is 8.83. The van der Waals surface area contributed by atoms with E-state index in [4.69, 9.17) is 70.2 Å². The molecule has 244 valence electrons. The minimum atomic E-state index is -2.97. The van der Waals surface area contributed by atoms with Crippen LogP contribution in [0.15, 0.2) is 0 Å². The van der Waals surface area contributed by atoms with E-state index in [0.717, 1.165) is 0 Å². The Balaban J connectivity index is -0.0000000345. The molecule has 10 N–H and O–H groups in total. The number of aliphatic hydroxyl groups is 2. The zero-order valence-electron chi connectivity index (χ0n) is 25.8. The largest absolute Gasteiger partial charge is 1.00 e. The molecule has 0 bridgehead atoms. The Bertz CT molecular complexity index is 830. The fraction of sp³-hybridized carbons (Fsp3) is 0.375. The Labute approximate surface area is 460 Å². The first-order chi connectivity index (χ1) is 18.5. The van der Waals surface area contributed by atoms with Crippen molar-refractivity contribution in [2.45, 2.75) is 36.9 Å². The van der Waals surface area contributed by atoms with E-state index in [1.807, 2.05) is 0 Å². The van der Waals surface area contributed by atoms with Gasteiger partial charge in [0.1, 0.15) is 11.2 Å². The van der Waals surface area contributed by atoms with Gasteiger partial charge in [0.15, 0.2) is 0 Å². The molecular formula is C16H18K3Na3O26. The Kier molecular flexibility index (Phi) is 84.2. The molecule has 0 rings (SSSR count). The second kappa shape index (κ2) is 48.7. The number of carbonyl (C=O) groups is 10. The van der Waals surface area contributed by atoms with Gasteiger partial charge in [-0.1, -0.05) is 0 Å². The van der Waals surface area contributed by atoms with Crippen LogP contribution in [0.2, 0.25) is 0 Å². The normalized spacial score (nSPS) is 7.88. The van der Waals surface area contributed by atoms with Crippen molar-refractivity contribution in [1.29, 1.82) is 0 Å². The maximum atomic E-state index is 10.1. The molecular weight excluding hydrogens is 794 g/mol. The van der Waals surface area contributed by atoms with Crippen molar-refractivity contribution in [2.75, 3.05) is 0 Å². The van der Waals surface area contributed by atoms with Gasteiger partial charge in [-0.25, -0.2) is 19.2 Å². The van der Waals surface area contributed by atoms with Gasteiger partial charge in [0, 0.05) is 49.6 Å². The maximum absolute atomic E-state index is 10.1. The number of carboxylic acid groups (broad SMARTS) is 14. The molecule has 32 heteroatoms. The average molecular weight is 813 g/mol. The number of carboxylic acids is 6. The van der Waals surface area contributed by atoms with Gasteiger partial charge in [-0.15, -0.1) is 0 Å². The summed E-state index contributed by atoms with van der Waals surface area (Å²) in [6, 6.07) is 0. The van der Waals surface area contributed by atoms with Crippen LogP contribution >= 0.6 is 0 Å². The third-order valence-electron chi connectivity index (χ3n) is 2.51. The fourth-order valence-electron chi connectivity index (χ4n) is 1.37. The number of hydrogen-bond acceptors (Lipinski definition) is 18. The molecule has 0 heterocycles. The van der Waals surface area contributed by atoms with Crippen LogP contribution < -0.4 is 273 Å². The second-order valence-corrected chi connectivity index (χ2v) is 5.96. The van der Waals surface area contributed by atoms with E-state index >= 15 is 0 Å². The molecule has 26 nitrogen and oxygen atoms in total. The van der Waals surface area contributed by atoms with Crippen LogP contribution in [-0.2, 0) is 28.8 Å². The Morgan fingerprint density at radius 2 is 0.438 bits per heavy atom. The van der Waals surface area contributed by atoms with Crippen LogP contribution in [-0.4, -0.2) is 123 Å². The molecule has 0 unspecified atom stereocenters. The summed E-state index contributed by atoms with van der Waals surface area (Å²) in [5, 5.41) is 134. The van der Waals surface area contributed by atoms with Gasteiger partial charge in [0.25, 0.3) is 0 Å². The molecule has 0 amide bonds. The fourth-order valence-corrected chi connectivity index (χ4v) is 1.37. The number of carbonyl (C=O) groups excluding carboxylic acids is 6. The van der Waals surface area contributed by atoms with E-state index in [9.17, 15) is 59.4 Å². The summed E-state index contributed by atoms with van der Waals surface area (Å²) in [6.45, 7) is 0. The summed E-state index contributed by atoms with van der Waals surface area (Å²) in [5.41, 5.74) is -5.95. The number of rotatable bonds is 10. The van der Waals surface area contributed by atoms with E-state index in [0.29, 0.717) is 0 Å². The summed E-state index contributed by atoms with van der Waals surface area (Å²) in [4.78, 5) is 94.2. The van der Waals surface area contributed by atoms with Crippen LogP contribution in [0.5, 0.6) is 0 Å².